The van der Waals surface area contributed by atoms with Crippen LogP contribution in [0.5, 0.6) is 0 Å². The number of fused-ring (bicyclic) bond motifs is 1. The number of aliphatic imine (C=N–C) groups is 1. The summed E-state index contributed by atoms with van der Waals surface area (Å²) in [5.74, 6) is -0.986. The summed E-state index contributed by atoms with van der Waals surface area (Å²) in [4.78, 5) is 29.4. The number of hydrogen-bond donors (Lipinski definition) is 7. The summed E-state index contributed by atoms with van der Waals surface area (Å²) in [7, 11) is 0. The lowest BCUT2D eigenvalue weighted by molar-refractivity contribution is -0.138. The van der Waals surface area contributed by atoms with Crippen LogP contribution in [-0.2, 0) is 16.1 Å². The van der Waals surface area contributed by atoms with E-state index in [1.807, 2.05) is 17.0 Å². The Morgan fingerprint density at radius 3 is 2.57 bits per heavy atom. The summed E-state index contributed by atoms with van der Waals surface area (Å²) in [5.41, 5.74) is 24.6. The molecule has 198 valence electrons. The zero-order valence-corrected chi connectivity index (χ0v) is 19.8. The van der Waals surface area contributed by atoms with Gasteiger partial charge in [-0.25, -0.2) is 19.9 Å². The first kappa shape index (κ1) is 26.2. The zero-order valence-electron chi connectivity index (χ0n) is 19.8. The van der Waals surface area contributed by atoms with Crippen molar-refractivity contribution in [3.63, 3.8) is 0 Å². The van der Waals surface area contributed by atoms with Crippen LogP contribution in [0.15, 0.2) is 41.9 Å². The predicted octanol–water partition coefficient (Wildman–Crippen LogP) is -1.76. The Labute approximate surface area is 211 Å². The van der Waals surface area contributed by atoms with E-state index in [1.54, 1.807) is 12.1 Å². The van der Waals surface area contributed by atoms with Crippen LogP contribution in [0, 0.1) is 0 Å². The van der Waals surface area contributed by atoms with Gasteiger partial charge in [0.05, 0.1) is 12.0 Å². The minimum atomic E-state index is -1.28. The summed E-state index contributed by atoms with van der Waals surface area (Å²) in [5, 5.41) is 30.8. The van der Waals surface area contributed by atoms with E-state index in [2.05, 4.69) is 19.9 Å². The highest BCUT2D eigenvalue weighted by atomic mass is 16.6. The molecule has 15 heteroatoms. The zero-order chi connectivity index (χ0) is 26.7. The van der Waals surface area contributed by atoms with Crippen LogP contribution < -0.4 is 22.9 Å². The number of carboxylic acid groups (broad SMARTS) is 1. The minimum Gasteiger partial charge on any atom is -0.480 e. The Balaban J connectivity index is 1.51. The van der Waals surface area contributed by atoms with Gasteiger partial charge in [0.1, 0.15) is 36.2 Å². The summed E-state index contributed by atoms with van der Waals surface area (Å²) in [6.45, 7) is 0.869. The number of aliphatic carboxylic acids is 1. The van der Waals surface area contributed by atoms with Gasteiger partial charge >= 0.3 is 5.97 Å². The molecule has 15 nitrogen and oxygen atoms in total. The topological polar surface area (TPSA) is 250 Å². The molecule has 0 spiro atoms. The van der Waals surface area contributed by atoms with Crippen molar-refractivity contribution < 1.29 is 24.9 Å². The first-order valence-corrected chi connectivity index (χ1v) is 11.5. The number of guanidine groups is 1. The molecule has 0 radical (unpaired) electrons. The molecule has 3 heterocycles. The van der Waals surface area contributed by atoms with Gasteiger partial charge in [-0.1, -0.05) is 12.1 Å². The number of rotatable bonds is 10. The van der Waals surface area contributed by atoms with E-state index < -0.39 is 36.6 Å². The maximum absolute atomic E-state index is 11.2. The van der Waals surface area contributed by atoms with Crippen molar-refractivity contribution in [3.8, 4) is 0 Å². The van der Waals surface area contributed by atoms with Gasteiger partial charge in [0, 0.05) is 19.6 Å². The molecule has 0 saturated carbocycles. The van der Waals surface area contributed by atoms with E-state index in [1.165, 1.54) is 17.2 Å². The van der Waals surface area contributed by atoms with Crippen LogP contribution in [0.2, 0.25) is 0 Å². The molecule has 5 atom stereocenters. The van der Waals surface area contributed by atoms with Gasteiger partial charge in [-0.05, 0) is 24.1 Å². The monoisotopic (exact) mass is 514 g/mol. The lowest BCUT2D eigenvalue weighted by Gasteiger charge is -2.27. The van der Waals surface area contributed by atoms with Gasteiger partial charge in [0.25, 0.3) is 0 Å². The fourth-order valence-electron chi connectivity index (χ4n) is 4.18. The molecule has 1 saturated heterocycles. The van der Waals surface area contributed by atoms with Crippen molar-refractivity contribution in [1.29, 1.82) is 0 Å². The van der Waals surface area contributed by atoms with Crippen LogP contribution in [0.25, 0.3) is 11.2 Å². The molecule has 2 aromatic heterocycles. The lowest BCUT2D eigenvalue weighted by Crippen LogP contribution is -2.42. The fraction of sp³-hybridized carbons (Fsp3) is 0.409. The number of nitrogens with two attached hydrogens (primary N) is 4. The predicted molar refractivity (Wildman–Crippen MR) is 133 cm³/mol. The highest BCUT2D eigenvalue weighted by Crippen LogP contribution is 2.32. The summed E-state index contributed by atoms with van der Waals surface area (Å²) in [6, 6.07) is 6.10. The maximum atomic E-state index is 11.2. The average Bonchev–Trinajstić information content (AvgIpc) is 3.40. The minimum absolute atomic E-state index is 0.0580. The van der Waals surface area contributed by atoms with Crippen molar-refractivity contribution in [3.05, 3.63) is 42.5 Å². The quantitative estimate of drug-likeness (QED) is 0.117. The molecule has 0 bridgehead atoms. The number of imidazole rings is 1. The molecule has 37 heavy (non-hydrogen) atoms. The third kappa shape index (κ3) is 5.92. The van der Waals surface area contributed by atoms with Crippen LogP contribution in [0.1, 0.15) is 18.2 Å². The number of aliphatic hydroxyl groups is 2. The SMILES string of the molecule is NC(N)=Nc1ccc(CN(CC[C@H](N)C(=O)O)C[C@H]2O[C@@H](n3cnc4c(N)ncnc43)[C@H](O)[C@@H]2O)cc1. The van der Waals surface area contributed by atoms with E-state index >= 15 is 0 Å². The third-order valence-electron chi connectivity index (χ3n) is 6.11. The Morgan fingerprint density at radius 1 is 1.16 bits per heavy atom. The number of nitrogens with zero attached hydrogens (tertiary/aromatic N) is 6. The molecule has 0 amide bonds. The van der Waals surface area contributed by atoms with Gasteiger partial charge in [0.2, 0.25) is 0 Å². The smallest absolute Gasteiger partial charge is 0.320 e. The second kappa shape index (κ2) is 11.0. The number of aromatic nitrogens is 4. The highest BCUT2D eigenvalue weighted by molar-refractivity contribution is 5.81. The second-order valence-corrected chi connectivity index (χ2v) is 8.80. The van der Waals surface area contributed by atoms with Gasteiger partial charge in [-0.3, -0.25) is 14.3 Å². The number of anilines is 1. The Kier molecular flexibility index (Phi) is 7.80. The van der Waals surface area contributed by atoms with Crippen LogP contribution >= 0.6 is 0 Å². The standard InChI is InChI=1S/C22H30N10O5/c23-13(21(35)36)5-6-31(7-11-1-3-12(4-2-11)30-22(25)26)8-14-16(33)17(34)20(37-14)32-10-29-15-18(24)27-9-28-19(15)32/h1-4,9-10,13-14,16-17,20,33-34H,5-8,23H2,(H,35,36)(H2,24,27,28)(H4,25,26,30)/t13-,14+,16+,17+,20+/m0/s1. The molecule has 3 aromatic rings. The van der Waals surface area contributed by atoms with E-state index in [-0.39, 0.29) is 24.7 Å². The van der Waals surface area contributed by atoms with Gasteiger partial charge in [-0.2, -0.15) is 0 Å². The first-order chi connectivity index (χ1) is 17.6. The van der Waals surface area contributed by atoms with Gasteiger partial charge in [-0.15, -0.1) is 0 Å². The molecule has 1 aliphatic heterocycles. The molecule has 0 unspecified atom stereocenters. The Bertz CT molecular complexity index is 1260. The molecule has 0 aliphatic carbocycles. The van der Waals surface area contributed by atoms with E-state index in [0.717, 1.165) is 5.56 Å². The normalized spacial score (nSPS) is 22.4. The molecule has 1 fully saturated rings. The van der Waals surface area contributed by atoms with E-state index in [0.29, 0.717) is 29.9 Å². The third-order valence-corrected chi connectivity index (χ3v) is 6.11. The largest absolute Gasteiger partial charge is 0.480 e. The summed E-state index contributed by atoms with van der Waals surface area (Å²) < 4.78 is 7.54. The van der Waals surface area contributed by atoms with Crippen molar-refractivity contribution in [2.24, 2.45) is 22.2 Å². The van der Waals surface area contributed by atoms with Crippen LogP contribution in [-0.4, -0.2) is 89.1 Å². The molecular weight excluding hydrogens is 484 g/mol. The van der Waals surface area contributed by atoms with Crippen LogP contribution in [0.3, 0.4) is 0 Å². The first-order valence-electron chi connectivity index (χ1n) is 11.5. The fourth-order valence-corrected chi connectivity index (χ4v) is 4.18. The average molecular weight is 515 g/mol. The Morgan fingerprint density at radius 2 is 1.89 bits per heavy atom. The maximum Gasteiger partial charge on any atom is 0.320 e. The summed E-state index contributed by atoms with van der Waals surface area (Å²) in [6.07, 6.45) is -1.43. The number of ether oxygens (including phenoxy) is 1. The molecule has 1 aromatic carbocycles. The van der Waals surface area contributed by atoms with Gasteiger partial charge < -0.3 is 43.0 Å². The van der Waals surface area contributed by atoms with Crippen LogP contribution in [0.4, 0.5) is 11.5 Å². The number of carboxylic acids is 1. The molecule has 4 rings (SSSR count). The van der Waals surface area contributed by atoms with Crippen molar-refractivity contribution in [2.45, 2.75) is 43.5 Å². The van der Waals surface area contributed by atoms with Crippen molar-refractivity contribution in [2.75, 3.05) is 18.8 Å². The van der Waals surface area contributed by atoms with E-state index in [4.69, 9.17) is 27.7 Å². The second-order valence-electron chi connectivity index (χ2n) is 8.80. The Hall–Kier alpha value is -3.89. The molecule has 11 N–H and O–H groups in total. The van der Waals surface area contributed by atoms with Gasteiger partial charge in [0.15, 0.2) is 23.7 Å². The van der Waals surface area contributed by atoms with Crippen molar-refractivity contribution in [1.82, 2.24) is 24.4 Å². The summed E-state index contributed by atoms with van der Waals surface area (Å²) >= 11 is 0. The number of carbonyl (C=O) groups is 1. The van der Waals surface area contributed by atoms with Crippen molar-refractivity contribution >= 4 is 34.6 Å². The number of benzene rings is 1. The highest BCUT2D eigenvalue weighted by Gasteiger charge is 2.45. The van der Waals surface area contributed by atoms with E-state index in [9.17, 15) is 20.1 Å². The lowest BCUT2D eigenvalue weighted by atomic mass is 10.1. The molecule has 1 aliphatic rings. The number of aliphatic hydroxyl groups excluding tert-OH is 2. The number of hydrogen-bond acceptors (Lipinski definition) is 11. The number of nitrogen functional groups attached to an aromatic ring is 1. The molecular formula is C22H30N10O5.